The summed E-state index contributed by atoms with van der Waals surface area (Å²) in [6.07, 6.45) is 4.48. The minimum Gasteiger partial charge on any atom is -0.550 e. The van der Waals surface area contributed by atoms with Gasteiger partial charge in [-0.2, -0.15) is 0 Å². The number of amides is 1. The zero-order chi connectivity index (χ0) is 14.5. The fourth-order valence-corrected chi connectivity index (χ4v) is 2.39. The van der Waals surface area contributed by atoms with Gasteiger partial charge in [-0.3, -0.25) is 4.79 Å². The second-order valence-corrected chi connectivity index (χ2v) is 5.18. The van der Waals surface area contributed by atoms with E-state index < -0.39 is 17.8 Å². The Morgan fingerprint density at radius 2 is 1.75 bits per heavy atom. The van der Waals surface area contributed by atoms with Crippen LogP contribution in [0.5, 0.6) is 0 Å². The molecule has 0 aliphatic heterocycles. The van der Waals surface area contributed by atoms with Gasteiger partial charge in [0, 0.05) is 24.3 Å². The molecule has 0 heterocycles. The molecule has 2 rings (SSSR count). The molecule has 1 aromatic rings. The Balaban J connectivity index is 1.95. The molecule has 0 unspecified atom stereocenters. The van der Waals surface area contributed by atoms with Gasteiger partial charge in [-0.1, -0.05) is 42.0 Å². The number of hydrogen-bond acceptors (Lipinski definition) is 3. The number of carboxylic acids is 1. The van der Waals surface area contributed by atoms with Gasteiger partial charge in [0.15, 0.2) is 0 Å². The molecule has 2 atom stereocenters. The molecule has 0 saturated carbocycles. The van der Waals surface area contributed by atoms with Crippen LogP contribution >= 0.6 is 0 Å². The summed E-state index contributed by atoms with van der Waals surface area (Å²) < 4.78 is 0. The van der Waals surface area contributed by atoms with Crippen LogP contribution in [0.1, 0.15) is 24.0 Å². The molecule has 4 nitrogen and oxygen atoms in total. The number of aliphatic carboxylic acids is 1. The molecule has 106 valence electrons. The van der Waals surface area contributed by atoms with Gasteiger partial charge >= 0.3 is 0 Å². The topological polar surface area (TPSA) is 69.2 Å². The van der Waals surface area contributed by atoms with E-state index in [0.717, 1.165) is 11.1 Å². The molecule has 1 aromatic carbocycles. The van der Waals surface area contributed by atoms with E-state index >= 15 is 0 Å². The van der Waals surface area contributed by atoms with Gasteiger partial charge < -0.3 is 15.2 Å². The molecule has 20 heavy (non-hydrogen) atoms. The highest BCUT2D eigenvalue weighted by Gasteiger charge is 2.29. The van der Waals surface area contributed by atoms with E-state index in [0.29, 0.717) is 19.4 Å². The molecule has 1 aliphatic rings. The van der Waals surface area contributed by atoms with Crippen molar-refractivity contribution in [2.75, 3.05) is 0 Å². The summed E-state index contributed by atoms with van der Waals surface area (Å²) in [6.45, 7) is 2.42. The molecule has 1 amide bonds. The standard InChI is InChI=1S/C16H19NO3/c1-11-6-8-12(9-7-11)10-17-15(18)13-4-2-3-5-14(13)16(19)20/h2-3,6-9,13-14H,4-5,10H2,1H3,(H,17,18)(H,19,20)/p-1/t13-,14-/m1/s1. The second-order valence-electron chi connectivity index (χ2n) is 5.18. The Hall–Kier alpha value is -2.10. The minimum absolute atomic E-state index is 0.218. The maximum atomic E-state index is 12.1. The highest BCUT2D eigenvalue weighted by molar-refractivity contribution is 5.84. The van der Waals surface area contributed by atoms with Gasteiger partial charge in [-0.25, -0.2) is 0 Å². The van der Waals surface area contributed by atoms with Gasteiger partial charge in [0.1, 0.15) is 0 Å². The van der Waals surface area contributed by atoms with Gasteiger partial charge in [0.25, 0.3) is 0 Å². The van der Waals surface area contributed by atoms with Crippen molar-refractivity contribution in [3.63, 3.8) is 0 Å². The molecule has 0 radical (unpaired) electrons. The van der Waals surface area contributed by atoms with E-state index in [4.69, 9.17) is 0 Å². The summed E-state index contributed by atoms with van der Waals surface area (Å²) in [5, 5.41) is 13.9. The van der Waals surface area contributed by atoms with Crippen LogP contribution in [0.3, 0.4) is 0 Å². The molecule has 0 bridgehead atoms. The number of allylic oxidation sites excluding steroid dienone is 2. The minimum atomic E-state index is -1.15. The van der Waals surface area contributed by atoms with Crippen LogP contribution in [-0.4, -0.2) is 11.9 Å². The number of aryl methyl sites for hydroxylation is 1. The largest absolute Gasteiger partial charge is 0.550 e. The SMILES string of the molecule is Cc1ccc(CNC(=O)[C@@H]2CC=CC[C@H]2C(=O)[O-])cc1. The first-order valence-electron chi connectivity index (χ1n) is 6.77. The van der Waals surface area contributed by atoms with Crippen molar-refractivity contribution < 1.29 is 14.7 Å². The van der Waals surface area contributed by atoms with Gasteiger partial charge in [0.05, 0.1) is 0 Å². The summed E-state index contributed by atoms with van der Waals surface area (Å²) in [6, 6.07) is 7.86. The van der Waals surface area contributed by atoms with Crippen molar-refractivity contribution in [1.29, 1.82) is 0 Å². The van der Waals surface area contributed by atoms with Gasteiger partial charge in [-0.05, 0) is 25.3 Å². The summed E-state index contributed by atoms with van der Waals surface area (Å²) in [5.41, 5.74) is 2.16. The number of nitrogens with one attached hydrogen (secondary N) is 1. The monoisotopic (exact) mass is 272 g/mol. The first-order valence-corrected chi connectivity index (χ1v) is 6.77. The average molecular weight is 272 g/mol. The van der Waals surface area contributed by atoms with Gasteiger partial charge in [0.2, 0.25) is 5.91 Å². The van der Waals surface area contributed by atoms with Crippen molar-refractivity contribution in [2.45, 2.75) is 26.3 Å². The van der Waals surface area contributed by atoms with Crippen LogP contribution in [-0.2, 0) is 16.1 Å². The third-order valence-electron chi connectivity index (χ3n) is 3.66. The van der Waals surface area contributed by atoms with Crippen LogP contribution in [0.2, 0.25) is 0 Å². The lowest BCUT2D eigenvalue weighted by Crippen LogP contribution is -2.43. The summed E-state index contributed by atoms with van der Waals surface area (Å²) in [7, 11) is 0. The van der Waals surface area contributed by atoms with Gasteiger partial charge in [-0.15, -0.1) is 0 Å². The molecule has 1 aliphatic carbocycles. The predicted octanol–water partition coefficient (Wildman–Crippen LogP) is 0.944. The third-order valence-corrected chi connectivity index (χ3v) is 3.66. The molecular weight excluding hydrogens is 254 g/mol. The number of hydrogen-bond donors (Lipinski definition) is 1. The van der Waals surface area contributed by atoms with E-state index in [1.165, 1.54) is 0 Å². The van der Waals surface area contributed by atoms with E-state index in [9.17, 15) is 14.7 Å². The van der Waals surface area contributed by atoms with Crippen molar-refractivity contribution in [2.24, 2.45) is 11.8 Å². The van der Waals surface area contributed by atoms with E-state index in [1.54, 1.807) is 6.08 Å². The molecule has 0 aromatic heterocycles. The zero-order valence-corrected chi connectivity index (χ0v) is 11.5. The maximum absolute atomic E-state index is 12.1. The quantitative estimate of drug-likeness (QED) is 0.829. The van der Waals surface area contributed by atoms with Crippen LogP contribution in [0.4, 0.5) is 0 Å². The molecule has 1 N–H and O–H groups in total. The maximum Gasteiger partial charge on any atom is 0.224 e. The average Bonchev–Trinajstić information content (AvgIpc) is 2.46. The number of carbonyl (C=O) groups is 2. The smallest absolute Gasteiger partial charge is 0.224 e. The van der Waals surface area contributed by atoms with Crippen LogP contribution in [0.15, 0.2) is 36.4 Å². The number of rotatable bonds is 4. The molecule has 4 heteroatoms. The lowest BCUT2D eigenvalue weighted by Gasteiger charge is -2.28. The van der Waals surface area contributed by atoms with E-state index in [1.807, 2.05) is 37.3 Å². The molecule has 0 fully saturated rings. The predicted molar refractivity (Wildman–Crippen MR) is 73.4 cm³/mol. The first kappa shape index (κ1) is 14.3. The van der Waals surface area contributed by atoms with Crippen LogP contribution in [0.25, 0.3) is 0 Å². The van der Waals surface area contributed by atoms with Crippen molar-refractivity contribution in [1.82, 2.24) is 5.32 Å². The first-order chi connectivity index (χ1) is 9.58. The zero-order valence-electron chi connectivity index (χ0n) is 11.5. The molecular formula is C16H18NO3-. The Morgan fingerprint density at radius 3 is 2.35 bits per heavy atom. The highest BCUT2D eigenvalue weighted by Crippen LogP contribution is 2.25. The number of carbonyl (C=O) groups excluding carboxylic acids is 2. The Morgan fingerprint density at radius 1 is 1.15 bits per heavy atom. The fraction of sp³-hybridized carbons (Fsp3) is 0.375. The summed E-state index contributed by atoms with van der Waals surface area (Å²) in [5.74, 6) is -2.62. The number of benzene rings is 1. The lowest BCUT2D eigenvalue weighted by atomic mass is 9.82. The fourth-order valence-electron chi connectivity index (χ4n) is 2.39. The summed E-state index contributed by atoms with van der Waals surface area (Å²) in [4.78, 5) is 23.2. The molecule has 0 spiro atoms. The number of carboxylic acid groups (broad SMARTS) is 1. The van der Waals surface area contributed by atoms with Crippen LogP contribution in [0, 0.1) is 18.8 Å². The normalized spacial score (nSPS) is 21.4. The second kappa shape index (κ2) is 6.37. The van der Waals surface area contributed by atoms with Crippen LogP contribution < -0.4 is 10.4 Å². The Kier molecular flexibility index (Phi) is 4.56. The van der Waals surface area contributed by atoms with Crippen molar-refractivity contribution in [3.8, 4) is 0 Å². The summed E-state index contributed by atoms with van der Waals surface area (Å²) >= 11 is 0. The third kappa shape index (κ3) is 3.47. The van der Waals surface area contributed by atoms with E-state index in [-0.39, 0.29) is 5.91 Å². The van der Waals surface area contributed by atoms with Crippen molar-refractivity contribution >= 4 is 11.9 Å². The van der Waals surface area contributed by atoms with E-state index in [2.05, 4.69) is 5.32 Å². The highest BCUT2D eigenvalue weighted by atomic mass is 16.4. The van der Waals surface area contributed by atoms with Crippen molar-refractivity contribution in [3.05, 3.63) is 47.5 Å². The lowest BCUT2D eigenvalue weighted by molar-refractivity contribution is -0.313. The Labute approximate surface area is 118 Å². The Bertz CT molecular complexity index is 519. The molecule has 0 saturated heterocycles.